The second-order valence-electron chi connectivity index (χ2n) is 4.58. The van der Waals surface area contributed by atoms with Crippen LogP contribution in [0.1, 0.15) is 17.7 Å². The molecule has 1 saturated heterocycles. The monoisotopic (exact) mass is 282 g/mol. The molecule has 1 aliphatic rings. The summed E-state index contributed by atoms with van der Waals surface area (Å²) < 4.78 is 4.93. The lowest BCUT2D eigenvalue weighted by molar-refractivity contribution is -0.169. The molecule has 0 saturated carbocycles. The predicted octanol–water partition coefficient (Wildman–Crippen LogP) is 1.38. The number of esters is 1. The molecule has 0 bridgehead atoms. The Kier molecular flexibility index (Phi) is 4.50. The summed E-state index contributed by atoms with van der Waals surface area (Å²) in [5, 5.41) is 20.0. The Balaban J connectivity index is 2.25. The fraction of sp³-hybridized carbons (Fsp3) is 0.500. The topological polar surface area (TPSA) is 66.8 Å². The van der Waals surface area contributed by atoms with Crippen LogP contribution in [0.5, 0.6) is 0 Å². The quantitative estimate of drug-likeness (QED) is 0.817. The lowest BCUT2D eigenvalue weighted by atomic mass is 9.84. The van der Waals surface area contributed by atoms with Crippen molar-refractivity contribution >= 4 is 17.7 Å². The van der Waals surface area contributed by atoms with Gasteiger partial charge in [-0.15, -0.1) is 11.8 Å². The Morgan fingerprint density at radius 3 is 2.74 bits per heavy atom. The van der Waals surface area contributed by atoms with Crippen molar-refractivity contribution in [3.63, 3.8) is 0 Å². The first-order chi connectivity index (χ1) is 9.13. The lowest BCUT2D eigenvalue weighted by Gasteiger charge is -2.28. The second kappa shape index (κ2) is 5.94. The van der Waals surface area contributed by atoms with E-state index >= 15 is 0 Å². The van der Waals surface area contributed by atoms with E-state index in [1.807, 2.05) is 30.3 Å². The van der Waals surface area contributed by atoms with Gasteiger partial charge < -0.3 is 14.9 Å². The molecule has 5 heteroatoms. The third-order valence-electron chi connectivity index (χ3n) is 3.42. The first kappa shape index (κ1) is 14.4. The fourth-order valence-electron chi connectivity index (χ4n) is 2.37. The molecular formula is C14H18O4S. The van der Waals surface area contributed by atoms with Crippen molar-refractivity contribution in [1.82, 2.24) is 0 Å². The van der Waals surface area contributed by atoms with Crippen LogP contribution < -0.4 is 0 Å². The number of hydrogen-bond acceptors (Lipinski definition) is 5. The minimum Gasteiger partial charge on any atom is -0.464 e. The van der Waals surface area contributed by atoms with E-state index in [9.17, 15) is 15.0 Å². The molecule has 2 N–H and O–H groups in total. The summed E-state index contributed by atoms with van der Waals surface area (Å²) >= 11 is 1.48. The van der Waals surface area contributed by atoms with Gasteiger partial charge in [0.15, 0.2) is 5.60 Å². The number of ether oxygens (including phenoxy) is 1. The summed E-state index contributed by atoms with van der Waals surface area (Å²) in [5.74, 6) is -0.935. The third-order valence-corrected chi connectivity index (χ3v) is 4.98. The Morgan fingerprint density at radius 2 is 2.16 bits per heavy atom. The Bertz CT molecular complexity index is 436. The number of rotatable bonds is 4. The minimum atomic E-state index is -1.60. The van der Waals surface area contributed by atoms with Crippen LogP contribution in [0, 0.1) is 5.92 Å². The molecule has 19 heavy (non-hydrogen) atoms. The Labute approximate surface area is 116 Å². The van der Waals surface area contributed by atoms with E-state index in [4.69, 9.17) is 4.74 Å². The molecule has 1 aromatic carbocycles. The van der Waals surface area contributed by atoms with Crippen molar-refractivity contribution in [2.45, 2.75) is 17.8 Å². The number of carbonyl (C=O) groups excluding carboxylic acids is 1. The molecule has 0 aromatic heterocycles. The number of aliphatic hydroxyl groups is 2. The van der Waals surface area contributed by atoms with Gasteiger partial charge in [0.1, 0.15) is 0 Å². The van der Waals surface area contributed by atoms with E-state index in [0.717, 1.165) is 5.56 Å². The van der Waals surface area contributed by atoms with Crippen molar-refractivity contribution in [3.05, 3.63) is 35.9 Å². The van der Waals surface area contributed by atoms with E-state index in [2.05, 4.69) is 0 Å². The number of thioether (sulfide) groups is 1. The summed E-state index contributed by atoms with van der Waals surface area (Å²) in [6, 6.07) is 9.61. The molecule has 4 nitrogen and oxygen atoms in total. The highest BCUT2D eigenvalue weighted by molar-refractivity contribution is 7.99. The first-order valence-corrected chi connectivity index (χ1v) is 7.35. The lowest BCUT2D eigenvalue weighted by Crippen LogP contribution is -2.48. The van der Waals surface area contributed by atoms with E-state index < -0.39 is 17.5 Å². The van der Waals surface area contributed by atoms with Gasteiger partial charge in [0, 0.05) is 16.9 Å². The van der Waals surface area contributed by atoms with Crippen molar-refractivity contribution in [3.8, 4) is 0 Å². The summed E-state index contributed by atoms with van der Waals surface area (Å²) in [6.07, 6.45) is 0. The highest BCUT2D eigenvalue weighted by Crippen LogP contribution is 2.50. The molecule has 1 aromatic rings. The average Bonchev–Trinajstić information content (AvgIpc) is 2.78. The van der Waals surface area contributed by atoms with Gasteiger partial charge in [0.05, 0.1) is 13.2 Å². The van der Waals surface area contributed by atoms with E-state index in [0.29, 0.717) is 0 Å². The van der Waals surface area contributed by atoms with E-state index in [1.165, 1.54) is 11.8 Å². The number of carbonyl (C=O) groups is 1. The van der Waals surface area contributed by atoms with Crippen LogP contribution in [0.4, 0.5) is 0 Å². The van der Waals surface area contributed by atoms with Gasteiger partial charge in [-0.3, -0.25) is 0 Å². The minimum absolute atomic E-state index is 0.0967. The van der Waals surface area contributed by atoms with Gasteiger partial charge in [0.2, 0.25) is 0 Å². The zero-order chi connectivity index (χ0) is 13.9. The van der Waals surface area contributed by atoms with Crippen LogP contribution in [0.25, 0.3) is 0 Å². The molecule has 0 aliphatic carbocycles. The molecule has 104 valence electrons. The second-order valence-corrected chi connectivity index (χ2v) is 5.71. The maximum absolute atomic E-state index is 11.9. The summed E-state index contributed by atoms with van der Waals surface area (Å²) in [6.45, 7) is 1.67. The van der Waals surface area contributed by atoms with Crippen LogP contribution >= 0.6 is 11.8 Å². The first-order valence-electron chi connectivity index (χ1n) is 6.30. The predicted molar refractivity (Wildman–Crippen MR) is 73.8 cm³/mol. The van der Waals surface area contributed by atoms with Gasteiger partial charge in [-0.05, 0) is 12.5 Å². The van der Waals surface area contributed by atoms with Gasteiger partial charge in [-0.2, -0.15) is 0 Å². The molecule has 1 fully saturated rings. The molecule has 1 aliphatic heterocycles. The standard InChI is InChI=1S/C14H18O4S/c1-2-18-13(16)14(17)9-19-12(11(14)8-15)10-6-4-3-5-7-10/h3-7,11-12,15,17H,2,8-9H2,1H3/t11-,12-,14+/m1/s1. The summed E-state index contributed by atoms with van der Waals surface area (Å²) in [5.41, 5.74) is -0.595. The number of aliphatic hydroxyl groups excluding tert-OH is 1. The number of benzene rings is 1. The van der Waals surface area contributed by atoms with Crippen LogP contribution in [-0.4, -0.2) is 40.8 Å². The summed E-state index contributed by atoms with van der Waals surface area (Å²) in [7, 11) is 0. The largest absolute Gasteiger partial charge is 0.464 e. The van der Waals surface area contributed by atoms with Crippen molar-refractivity contribution in [2.24, 2.45) is 5.92 Å². The van der Waals surface area contributed by atoms with Crippen LogP contribution in [0.2, 0.25) is 0 Å². The van der Waals surface area contributed by atoms with Crippen molar-refractivity contribution in [2.75, 3.05) is 19.0 Å². The van der Waals surface area contributed by atoms with Gasteiger partial charge in [-0.1, -0.05) is 30.3 Å². The maximum Gasteiger partial charge on any atom is 0.339 e. The molecule has 0 unspecified atom stereocenters. The Morgan fingerprint density at radius 1 is 1.47 bits per heavy atom. The van der Waals surface area contributed by atoms with Gasteiger partial charge >= 0.3 is 5.97 Å². The molecule has 0 radical (unpaired) electrons. The van der Waals surface area contributed by atoms with Crippen LogP contribution in [-0.2, 0) is 9.53 Å². The molecule has 0 spiro atoms. The zero-order valence-corrected chi connectivity index (χ0v) is 11.6. The zero-order valence-electron chi connectivity index (χ0n) is 10.8. The Hall–Kier alpha value is -1.04. The highest BCUT2D eigenvalue weighted by Gasteiger charge is 2.54. The smallest absolute Gasteiger partial charge is 0.339 e. The SMILES string of the molecule is CCOC(=O)[C@]1(O)CS[C@H](c2ccccc2)[C@H]1CO. The molecule has 0 amide bonds. The van der Waals surface area contributed by atoms with Crippen LogP contribution in [0.15, 0.2) is 30.3 Å². The van der Waals surface area contributed by atoms with E-state index in [-0.39, 0.29) is 24.2 Å². The normalized spacial score (nSPS) is 30.3. The average molecular weight is 282 g/mol. The molecular weight excluding hydrogens is 264 g/mol. The third kappa shape index (κ3) is 2.63. The number of hydrogen-bond donors (Lipinski definition) is 2. The van der Waals surface area contributed by atoms with Crippen molar-refractivity contribution in [1.29, 1.82) is 0 Å². The fourth-order valence-corrected chi connectivity index (χ4v) is 4.03. The maximum atomic E-state index is 11.9. The molecule has 2 rings (SSSR count). The molecule has 3 atom stereocenters. The van der Waals surface area contributed by atoms with Gasteiger partial charge in [0.25, 0.3) is 0 Å². The van der Waals surface area contributed by atoms with Crippen molar-refractivity contribution < 1.29 is 19.7 Å². The van der Waals surface area contributed by atoms with Crippen LogP contribution in [0.3, 0.4) is 0 Å². The highest BCUT2D eigenvalue weighted by atomic mass is 32.2. The summed E-state index contributed by atoms with van der Waals surface area (Å²) in [4.78, 5) is 11.9. The molecule has 1 heterocycles. The van der Waals surface area contributed by atoms with E-state index in [1.54, 1.807) is 6.92 Å². The van der Waals surface area contributed by atoms with Gasteiger partial charge in [-0.25, -0.2) is 4.79 Å².